The lowest BCUT2D eigenvalue weighted by molar-refractivity contribution is -2.00. The Balaban J connectivity index is 0.000000617. The molecule has 0 fully saturated rings. The van der Waals surface area contributed by atoms with Gasteiger partial charge in [-0.25, -0.2) is 23.2 Å². The van der Waals surface area contributed by atoms with Crippen LogP contribution in [-0.2, 0) is 7.05 Å². The van der Waals surface area contributed by atoms with Crippen molar-refractivity contribution in [1.29, 1.82) is 0 Å². The van der Waals surface area contributed by atoms with Gasteiger partial charge in [-0.2, -0.15) is 0 Å². The zero-order chi connectivity index (χ0) is 27.3. The van der Waals surface area contributed by atoms with Gasteiger partial charge in [0.05, 0.1) is 5.56 Å². The van der Waals surface area contributed by atoms with Crippen molar-refractivity contribution in [2.24, 2.45) is 7.05 Å². The number of benzene rings is 4. The fraction of sp³-hybridized carbons (Fsp3) is 0.0333. The molecule has 0 amide bonds. The number of aromatic nitrogens is 1. The lowest BCUT2D eigenvalue weighted by atomic mass is 9.86. The van der Waals surface area contributed by atoms with E-state index >= 15 is 0 Å². The Labute approximate surface area is 233 Å². The van der Waals surface area contributed by atoms with Crippen LogP contribution in [0.3, 0.4) is 0 Å². The molecule has 0 aliphatic heterocycles. The minimum absolute atomic E-state index is 0.725. The van der Waals surface area contributed by atoms with Crippen molar-refractivity contribution in [2.45, 2.75) is 0 Å². The molecule has 0 atom stereocenters. The van der Waals surface area contributed by atoms with Gasteiger partial charge in [0.1, 0.15) is 7.05 Å². The van der Waals surface area contributed by atoms with E-state index in [0.29, 0.717) is 0 Å². The molecule has 0 aliphatic carbocycles. The lowest BCUT2D eigenvalue weighted by Gasteiger charge is -2.17. The van der Waals surface area contributed by atoms with Gasteiger partial charge in [0.2, 0.25) is 5.69 Å². The molecule has 0 spiro atoms. The van der Waals surface area contributed by atoms with Gasteiger partial charge >= 0.3 is 0 Å². The maximum atomic E-state index is 8.49. The monoisotopic (exact) mass is 565 g/mol. The van der Waals surface area contributed by atoms with Crippen LogP contribution in [0.25, 0.3) is 44.6 Å². The molecule has 5 nitrogen and oxygen atoms in total. The molecule has 0 saturated heterocycles. The van der Waals surface area contributed by atoms with Crippen molar-refractivity contribution >= 4 is 23.2 Å². The highest BCUT2D eigenvalue weighted by molar-refractivity contribution is 6.31. The van der Waals surface area contributed by atoms with E-state index in [9.17, 15) is 0 Å². The van der Waals surface area contributed by atoms with Crippen LogP contribution in [0.2, 0.25) is 10.0 Å². The maximum Gasteiger partial charge on any atom is 0.213 e. The number of nitrogens with zero attached hydrogens (tertiary/aromatic N) is 1. The predicted molar refractivity (Wildman–Crippen MR) is 139 cm³/mol. The number of halogens is 3. The van der Waals surface area contributed by atoms with E-state index in [1.165, 1.54) is 11.1 Å². The van der Waals surface area contributed by atoms with Gasteiger partial charge in [0, 0.05) is 22.2 Å². The molecule has 0 radical (unpaired) electrons. The summed E-state index contributed by atoms with van der Waals surface area (Å²) in [6.45, 7) is 0. The molecule has 0 aliphatic rings. The van der Waals surface area contributed by atoms with Gasteiger partial charge in [-0.1, -0.05) is 77.8 Å². The molecule has 8 heteroatoms. The van der Waals surface area contributed by atoms with E-state index in [0.717, 1.165) is 43.6 Å². The van der Waals surface area contributed by atoms with Gasteiger partial charge in [0.25, 0.3) is 0 Å². The normalized spacial score (nSPS) is 11.0. The van der Waals surface area contributed by atoms with Crippen molar-refractivity contribution in [2.75, 3.05) is 0 Å². The van der Waals surface area contributed by atoms with Crippen molar-refractivity contribution in [1.82, 2.24) is 0 Å². The molecule has 0 N–H and O–H groups in total. The predicted octanol–water partition coefficient (Wildman–Crippen LogP) is 3.73. The van der Waals surface area contributed by atoms with E-state index in [2.05, 4.69) is 90.6 Å². The topological polar surface area (TPSA) is 96.1 Å². The largest absolute Gasteiger partial charge is 0.222 e. The quantitative estimate of drug-likeness (QED) is 0.310. The summed E-state index contributed by atoms with van der Waals surface area (Å²) in [4.78, 5) is 0. The molecule has 38 heavy (non-hydrogen) atoms. The molecule has 0 unspecified atom stereocenters. The molecule has 1 aromatic heterocycles. The van der Waals surface area contributed by atoms with Crippen molar-refractivity contribution < 1.29 is 33.4 Å². The third kappa shape index (κ3) is 7.19. The minimum Gasteiger partial charge on any atom is -0.222 e. The van der Waals surface area contributed by atoms with Crippen molar-refractivity contribution in [3.8, 4) is 44.6 Å². The SMILES string of the molecule is C[n+]1ccccc1-c1c(-c2ccc(Cl)cc2)cc(-c2ccccc2)cc1-c1ccc(Cl)cc1.[O-][Cl+3]([O-])([O-])[O-]. The first kappa shape index (κ1) is 27.8. The highest BCUT2D eigenvalue weighted by atomic mass is 35.7. The Morgan fingerprint density at radius 1 is 0.553 bits per heavy atom. The average molecular weight is 567 g/mol. The van der Waals surface area contributed by atoms with E-state index in [4.69, 9.17) is 41.8 Å². The summed E-state index contributed by atoms with van der Waals surface area (Å²) in [5, 5.41) is 1.45. The Morgan fingerprint density at radius 3 is 1.45 bits per heavy atom. The summed E-state index contributed by atoms with van der Waals surface area (Å²) < 4.78 is 36.1. The van der Waals surface area contributed by atoms with E-state index in [1.54, 1.807) is 0 Å². The first-order valence-electron chi connectivity index (χ1n) is 11.4. The highest BCUT2D eigenvalue weighted by Crippen LogP contribution is 2.42. The van der Waals surface area contributed by atoms with Crippen LogP contribution in [0.5, 0.6) is 0 Å². The summed E-state index contributed by atoms with van der Waals surface area (Å²) in [6, 6.07) is 37.5. The van der Waals surface area contributed by atoms with Crippen LogP contribution in [-0.4, -0.2) is 0 Å². The Bertz CT molecular complexity index is 1450. The average Bonchev–Trinajstić information content (AvgIpc) is 2.89. The van der Waals surface area contributed by atoms with Crippen LogP contribution < -0.4 is 23.2 Å². The fourth-order valence-corrected chi connectivity index (χ4v) is 4.46. The van der Waals surface area contributed by atoms with Crippen LogP contribution >= 0.6 is 23.2 Å². The van der Waals surface area contributed by atoms with Crippen LogP contribution in [0.4, 0.5) is 0 Å². The Kier molecular flexibility index (Phi) is 8.82. The summed E-state index contributed by atoms with van der Waals surface area (Å²) in [6.07, 6.45) is 2.08. The first-order chi connectivity index (χ1) is 18.1. The van der Waals surface area contributed by atoms with E-state index < -0.39 is 10.2 Å². The molecule has 1 heterocycles. The smallest absolute Gasteiger partial charge is 0.213 e. The second-order valence-electron chi connectivity index (χ2n) is 8.40. The molecule has 4 aromatic carbocycles. The third-order valence-corrected chi connectivity index (χ3v) is 6.37. The van der Waals surface area contributed by atoms with Gasteiger partial charge in [-0.3, -0.25) is 0 Å². The Morgan fingerprint density at radius 2 is 1.00 bits per heavy atom. The maximum absolute atomic E-state index is 8.49. The van der Waals surface area contributed by atoms with E-state index in [-0.39, 0.29) is 0 Å². The number of pyridine rings is 1. The summed E-state index contributed by atoms with van der Waals surface area (Å²) >= 11 is 12.5. The molecular weight excluding hydrogens is 545 g/mol. The van der Waals surface area contributed by atoms with Crippen LogP contribution in [0.15, 0.2) is 115 Å². The standard InChI is InChI=1S/C30H22Cl2N.ClHO4/c1-33-18-6-5-9-29(33)30-27(22-10-14-25(31)15-11-22)19-24(21-7-3-2-4-8-21)20-28(30)23-12-16-26(32)17-13-23;2-1(3,4)5/h2-20H,1H3;(H,2,3,4,5)/q+1;/p-1. The number of hydrogen-bond acceptors (Lipinski definition) is 4. The summed E-state index contributed by atoms with van der Waals surface area (Å²) in [5.41, 5.74) is 9.17. The number of rotatable bonds is 4. The van der Waals surface area contributed by atoms with Gasteiger partial charge < -0.3 is 0 Å². The Hall–Kier alpha value is -3.26. The summed E-state index contributed by atoms with van der Waals surface area (Å²) in [5.74, 6) is 0. The molecule has 5 rings (SSSR count). The number of hydrogen-bond donors (Lipinski definition) is 0. The molecule has 0 saturated carbocycles. The number of aryl methyl sites for hydroxylation is 1. The second-order valence-corrected chi connectivity index (χ2v) is 10.0. The zero-order valence-corrected chi connectivity index (χ0v) is 22.5. The van der Waals surface area contributed by atoms with Gasteiger partial charge in [-0.15, -0.1) is 10.2 Å². The lowest BCUT2D eigenvalue weighted by Crippen LogP contribution is -2.68. The third-order valence-electron chi connectivity index (χ3n) is 5.87. The van der Waals surface area contributed by atoms with Crippen molar-refractivity contribution in [3.63, 3.8) is 0 Å². The van der Waals surface area contributed by atoms with E-state index in [1.807, 2.05) is 36.4 Å². The van der Waals surface area contributed by atoms with Gasteiger partial charge in [-0.05, 0) is 75.8 Å². The zero-order valence-electron chi connectivity index (χ0n) is 20.2. The van der Waals surface area contributed by atoms with Crippen LogP contribution in [0, 0.1) is 10.2 Å². The van der Waals surface area contributed by atoms with Gasteiger partial charge in [0.15, 0.2) is 6.20 Å². The molecule has 0 bridgehead atoms. The molecular formula is C30H22Cl3NO4. The molecule has 192 valence electrons. The first-order valence-corrected chi connectivity index (χ1v) is 13.4. The second kappa shape index (κ2) is 12.1. The highest BCUT2D eigenvalue weighted by Gasteiger charge is 2.22. The van der Waals surface area contributed by atoms with Crippen LogP contribution in [0.1, 0.15) is 0 Å². The fourth-order valence-electron chi connectivity index (χ4n) is 4.21. The minimum atomic E-state index is -4.94. The molecule has 5 aromatic rings. The van der Waals surface area contributed by atoms with Crippen molar-refractivity contribution in [3.05, 3.63) is 125 Å². The summed E-state index contributed by atoms with van der Waals surface area (Å²) in [7, 11) is -2.86.